The Hall–Kier alpha value is -1.03. The van der Waals surface area contributed by atoms with Gasteiger partial charge in [0.15, 0.2) is 6.79 Å². The number of nitrogens with two attached hydrogens (primary N) is 1. The van der Waals surface area contributed by atoms with Crippen LogP contribution < -0.4 is 5.73 Å². The molecule has 1 amide bonds. The smallest absolute Gasteiger partial charge is 0.247 e. The molecule has 0 saturated carbocycles. The third-order valence-electron chi connectivity index (χ3n) is 1.18. The van der Waals surface area contributed by atoms with Crippen LogP contribution >= 0.6 is 0 Å². The lowest BCUT2D eigenvalue weighted by atomic mass is 10.2. The molecule has 0 aromatic rings. The summed E-state index contributed by atoms with van der Waals surface area (Å²) in [5, 5.41) is 8.26. The van der Waals surface area contributed by atoms with Crippen molar-refractivity contribution in [3.05, 3.63) is 11.3 Å². The first-order valence-corrected chi connectivity index (χ1v) is 2.80. The number of carbonyl (C=O) groups excluding carboxylic acids is 1. The maximum absolute atomic E-state index is 10.4. The molecule has 4 nitrogen and oxygen atoms in total. The van der Waals surface area contributed by atoms with E-state index in [0.29, 0.717) is 11.3 Å². The standard InChI is InChI=1S/C6H11NO3/c1-4(6(7)9)5(2)10-3-8/h8H,3H2,1-2H3,(H2,7,9). The summed E-state index contributed by atoms with van der Waals surface area (Å²) in [6, 6.07) is 0. The van der Waals surface area contributed by atoms with E-state index in [0.717, 1.165) is 0 Å². The Labute approximate surface area is 59.3 Å². The van der Waals surface area contributed by atoms with Crippen LogP contribution in [0.4, 0.5) is 0 Å². The van der Waals surface area contributed by atoms with Gasteiger partial charge in [0.1, 0.15) is 5.76 Å². The normalized spacial score (nSPS) is 12.3. The second-order valence-corrected chi connectivity index (χ2v) is 1.82. The van der Waals surface area contributed by atoms with Gasteiger partial charge >= 0.3 is 0 Å². The summed E-state index contributed by atoms with van der Waals surface area (Å²) in [6.45, 7) is 2.67. The van der Waals surface area contributed by atoms with Crippen molar-refractivity contribution in [1.29, 1.82) is 0 Å². The van der Waals surface area contributed by atoms with Crippen LogP contribution in [0.15, 0.2) is 11.3 Å². The Morgan fingerprint density at radius 3 is 2.40 bits per heavy atom. The topological polar surface area (TPSA) is 72.6 Å². The van der Waals surface area contributed by atoms with Gasteiger partial charge in [0.2, 0.25) is 5.91 Å². The summed E-state index contributed by atoms with van der Waals surface area (Å²) < 4.78 is 4.60. The van der Waals surface area contributed by atoms with E-state index in [2.05, 4.69) is 4.74 Å². The monoisotopic (exact) mass is 145 g/mol. The Bertz CT molecular complexity index is 162. The summed E-state index contributed by atoms with van der Waals surface area (Å²) >= 11 is 0. The third-order valence-corrected chi connectivity index (χ3v) is 1.18. The fourth-order valence-corrected chi connectivity index (χ4v) is 0.379. The molecule has 0 aliphatic heterocycles. The largest absolute Gasteiger partial charge is 0.472 e. The average molecular weight is 145 g/mol. The number of amides is 1. The number of hydrogen-bond donors (Lipinski definition) is 2. The van der Waals surface area contributed by atoms with Gasteiger partial charge in [0.25, 0.3) is 0 Å². The number of hydrogen-bond acceptors (Lipinski definition) is 3. The molecule has 58 valence electrons. The molecule has 0 aromatic carbocycles. The molecule has 0 atom stereocenters. The van der Waals surface area contributed by atoms with E-state index in [1.165, 1.54) is 6.92 Å². The highest BCUT2D eigenvalue weighted by Crippen LogP contribution is 2.02. The van der Waals surface area contributed by atoms with Crippen molar-refractivity contribution in [3.63, 3.8) is 0 Å². The molecule has 0 radical (unpaired) electrons. The molecule has 0 aliphatic carbocycles. The van der Waals surface area contributed by atoms with E-state index in [1.54, 1.807) is 6.92 Å². The summed E-state index contributed by atoms with van der Waals surface area (Å²) in [5.41, 5.74) is 5.24. The van der Waals surface area contributed by atoms with E-state index in [9.17, 15) is 4.79 Å². The maximum Gasteiger partial charge on any atom is 0.247 e. The Morgan fingerprint density at radius 1 is 1.60 bits per heavy atom. The number of ether oxygens (including phenoxy) is 1. The van der Waals surface area contributed by atoms with E-state index in [-0.39, 0.29) is 0 Å². The van der Waals surface area contributed by atoms with E-state index < -0.39 is 12.7 Å². The number of primary amides is 1. The van der Waals surface area contributed by atoms with Gasteiger partial charge in [0, 0.05) is 0 Å². The molecule has 0 unspecified atom stereocenters. The zero-order valence-electron chi connectivity index (χ0n) is 6.05. The Balaban J connectivity index is 4.19. The highest BCUT2D eigenvalue weighted by atomic mass is 16.6. The first-order valence-electron chi connectivity index (χ1n) is 2.80. The van der Waals surface area contributed by atoms with Crippen molar-refractivity contribution in [1.82, 2.24) is 0 Å². The molecule has 0 aromatic heterocycles. The van der Waals surface area contributed by atoms with Crippen LogP contribution in [0.25, 0.3) is 0 Å². The van der Waals surface area contributed by atoms with Gasteiger partial charge in [-0.3, -0.25) is 4.79 Å². The van der Waals surface area contributed by atoms with Crippen LogP contribution in [-0.2, 0) is 9.53 Å². The van der Waals surface area contributed by atoms with E-state index in [4.69, 9.17) is 10.8 Å². The van der Waals surface area contributed by atoms with Crippen molar-refractivity contribution in [2.24, 2.45) is 5.73 Å². The fourth-order valence-electron chi connectivity index (χ4n) is 0.379. The predicted molar refractivity (Wildman–Crippen MR) is 35.7 cm³/mol. The molecule has 10 heavy (non-hydrogen) atoms. The number of carbonyl (C=O) groups is 1. The van der Waals surface area contributed by atoms with Crippen LogP contribution in [-0.4, -0.2) is 17.8 Å². The van der Waals surface area contributed by atoms with Crippen molar-refractivity contribution in [2.75, 3.05) is 6.79 Å². The van der Waals surface area contributed by atoms with Crippen LogP contribution in [0.3, 0.4) is 0 Å². The quantitative estimate of drug-likeness (QED) is 0.326. The number of rotatable bonds is 3. The van der Waals surface area contributed by atoms with Crippen molar-refractivity contribution < 1.29 is 14.6 Å². The van der Waals surface area contributed by atoms with Crippen LogP contribution in [0.5, 0.6) is 0 Å². The summed E-state index contributed by atoms with van der Waals surface area (Å²) in [5.74, 6) is -0.180. The lowest BCUT2D eigenvalue weighted by Crippen LogP contribution is -2.14. The molecule has 0 aliphatic rings. The molecule has 4 heteroatoms. The second-order valence-electron chi connectivity index (χ2n) is 1.82. The fraction of sp³-hybridized carbons (Fsp3) is 0.500. The van der Waals surface area contributed by atoms with Gasteiger partial charge in [0.05, 0.1) is 5.57 Å². The van der Waals surface area contributed by atoms with Gasteiger partial charge in [-0.05, 0) is 13.8 Å². The SMILES string of the molecule is CC(OCO)=C(C)C(N)=O. The Morgan fingerprint density at radius 2 is 2.10 bits per heavy atom. The van der Waals surface area contributed by atoms with Crippen molar-refractivity contribution >= 4 is 5.91 Å². The van der Waals surface area contributed by atoms with Gasteiger partial charge in [-0.2, -0.15) is 0 Å². The van der Waals surface area contributed by atoms with Crippen molar-refractivity contribution in [3.8, 4) is 0 Å². The lowest BCUT2D eigenvalue weighted by Gasteiger charge is -2.03. The minimum Gasteiger partial charge on any atom is -0.472 e. The van der Waals surface area contributed by atoms with E-state index in [1.807, 2.05) is 0 Å². The van der Waals surface area contributed by atoms with Crippen LogP contribution in [0, 0.1) is 0 Å². The summed E-state index contributed by atoms with van der Waals surface area (Å²) in [4.78, 5) is 10.4. The molecular formula is C6H11NO3. The maximum atomic E-state index is 10.4. The zero-order chi connectivity index (χ0) is 8.15. The first-order chi connectivity index (χ1) is 4.59. The average Bonchev–Trinajstić information content (AvgIpc) is 1.87. The van der Waals surface area contributed by atoms with Gasteiger partial charge < -0.3 is 15.6 Å². The zero-order valence-corrected chi connectivity index (χ0v) is 6.05. The minimum absolute atomic E-state index is 0.328. The predicted octanol–water partition coefficient (Wildman–Crippen LogP) is -0.268. The number of allylic oxidation sites excluding steroid dienone is 1. The number of aliphatic hydroxyl groups excluding tert-OH is 1. The second kappa shape index (κ2) is 3.90. The molecule has 0 fully saturated rings. The van der Waals surface area contributed by atoms with Crippen molar-refractivity contribution in [2.45, 2.75) is 13.8 Å². The summed E-state index contributed by atoms with van der Waals surface area (Å²) in [6.07, 6.45) is 0. The highest BCUT2D eigenvalue weighted by Gasteiger charge is 2.02. The molecule has 0 heterocycles. The molecule has 0 bridgehead atoms. The lowest BCUT2D eigenvalue weighted by molar-refractivity contribution is -0.114. The molecular weight excluding hydrogens is 134 g/mol. The molecule has 0 spiro atoms. The van der Waals surface area contributed by atoms with Gasteiger partial charge in [-0.25, -0.2) is 0 Å². The highest BCUT2D eigenvalue weighted by molar-refractivity contribution is 5.91. The van der Waals surface area contributed by atoms with Crippen LogP contribution in [0.1, 0.15) is 13.8 Å². The number of aliphatic hydroxyl groups is 1. The molecule has 0 saturated heterocycles. The summed E-state index contributed by atoms with van der Waals surface area (Å²) in [7, 11) is 0. The Kier molecular flexibility index (Phi) is 3.49. The molecule has 0 rings (SSSR count). The van der Waals surface area contributed by atoms with Crippen LogP contribution in [0.2, 0.25) is 0 Å². The minimum atomic E-state index is -0.536. The van der Waals surface area contributed by atoms with Gasteiger partial charge in [-0.15, -0.1) is 0 Å². The van der Waals surface area contributed by atoms with Gasteiger partial charge in [-0.1, -0.05) is 0 Å². The third kappa shape index (κ3) is 2.50. The molecule has 3 N–H and O–H groups in total. The first kappa shape index (κ1) is 8.97. The van der Waals surface area contributed by atoms with E-state index >= 15 is 0 Å².